The molecule has 0 amide bonds. The van der Waals surface area contributed by atoms with Gasteiger partial charge in [0.1, 0.15) is 11.5 Å². The molecule has 1 aliphatic heterocycles. The second kappa shape index (κ2) is 19.7. The van der Waals surface area contributed by atoms with Gasteiger partial charge >= 0.3 is 65.1 Å². The van der Waals surface area contributed by atoms with Crippen molar-refractivity contribution in [3.8, 4) is 22.6 Å². The molecule has 2 radical (unpaired) electrons. The van der Waals surface area contributed by atoms with Crippen molar-refractivity contribution >= 4 is 30.1 Å². The summed E-state index contributed by atoms with van der Waals surface area (Å²) in [5, 5.41) is 4.24. The van der Waals surface area contributed by atoms with Gasteiger partial charge in [-0.2, -0.15) is 0 Å². The van der Waals surface area contributed by atoms with Crippen LogP contribution in [0, 0.1) is 39.9 Å². The van der Waals surface area contributed by atoms with Crippen LogP contribution in [0.25, 0.3) is 32.7 Å². The summed E-state index contributed by atoms with van der Waals surface area (Å²) in [5.74, 6) is 1.78. The predicted molar refractivity (Wildman–Crippen MR) is 162 cm³/mol. The molecule has 230 valence electrons. The Morgan fingerprint density at radius 2 is 1.00 bits per heavy atom. The SMILES string of the molecule is CO[C]c1ccc2ccc3c(c2c1)-c1c(ccc2ccccc12)O[Si](C(C)(C)C)(C(C)(C)C)O3.[C-]#[O+].[C-]#[O+].[C-]#[O+].[C-]#[O+].[C-]#[O+].[Cr]. The van der Waals surface area contributed by atoms with E-state index in [0.29, 0.717) is 0 Å². The largest absolute Gasteiger partial charge is 0 e. The Labute approximate surface area is 277 Å². The molecule has 0 aromatic heterocycles. The van der Waals surface area contributed by atoms with Gasteiger partial charge in [0.25, 0.3) is 0 Å². The van der Waals surface area contributed by atoms with Gasteiger partial charge in [-0.1, -0.05) is 90.1 Å². The summed E-state index contributed by atoms with van der Waals surface area (Å²) in [5.41, 5.74) is 3.06. The van der Waals surface area contributed by atoms with E-state index in [4.69, 9.17) is 36.8 Å². The third-order valence-electron chi connectivity index (χ3n) is 6.83. The van der Waals surface area contributed by atoms with E-state index < -0.39 is 8.56 Å². The van der Waals surface area contributed by atoms with E-state index in [0.717, 1.165) is 44.3 Å². The number of hydrogen-bond donors (Lipinski definition) is 0. The Kier molecular flexibility index (Phi) is 19.1. The fourth-order valence-corrected chi connectivity index (χ4v) is 9.96. The number of benzene rings is 4. The summed E-state index contributed by atoms with van der Waals surface area (Å²) < 4.78 is 57.1. The van der Waals surface area contributed by atoms with Gasteiger partial charge < -0.3 is 13.6 Å². The van der Waals surface area contributed by atoms with E-state index >= 15 is 0 Å². The van der Waals surface area contributed by atoms with Crippen molar-refractivity contribution in [2.24, 2.45) is 0 Å². The van der Waals surface area contributed by atoms with Crippen molar-refractivity contribution in [3.63, 3.8) is 0 Å². The van der Waals surface area contributed by atoms with E-state index in [-0.39, 0.29) is 27.4 Å². The number of fused-ring (bicyclic) bond motifs is 7. The third kappa shape index (κ3) is 9.00. The monoisotopic (exact) mass is 660 g/mol. The van der Waals surface area contributed by atoms with E-state index in [2.05, 4.69) is 142 Å². The first-order valence-corrected chi connectivity index (χ1v) is 14.7. The molecule has 0 fully saturated rings. The maximum atomic E-state index is 7.50. The van der Waals surface area contributed by atoms with Crippen LogP contribution in [-0.4, -0.2) is 15.7 Å². The fraction of sp³-hybridized carbons (Fsp3) is 0.257. The average Bonchev–Trinajstić information content (AvgIpc) is 3.22. The molecule has 8 nitrogen and oxygen atoms in total. The molecule has 0 spiro atoms. The van der Waals surface area contributed by atoms with Gasteiger partial charge in [0.2, 0.25) is 0 Å². The first kappa shape index (κ1) is 43.5. The van der Waals surface area contributed by atoms with Gasteiger partial charge in [0, 0.05) is 45.7 Å². The zero-order chi connectivity index (χ0) is 34.3. The van der Waals surface area contributed by atoms with Crippen LogP contribution < -0.4 is 8.85 Å². The molecule has 4 aromatic rings. The van der Waals surface area contributed by atoms with Crippen molar-refractivity contribution in [2.75, 3.05) is 7.11 Å². The topological polar surface area (TPSA) is 127 Å². The Hall–Kier alpha value is -3.59. The minimum Gasteiger partial charge on any atom is 0 e. The molecule has 0 unspecified atom stereocenters. The first-order valence-electron chi connectivity index (χ1n) is 12.8. The summed E-state index contributed by atoms with van der Waals surface area (Å²) in [6.07, 6.45) is 0. The Morgan fingerprint density at radius 3 is 1.44 bits per heavy atom. The molecule has 0 atom stereocenters. The summed E-state index contributed by atoms with van der Waals surface area (Å²) in [6.45, 7) is 39.0. The maximum Gasteiger partial charge on any atom is 0 e. The van der Waals surface area contributed by atoms with Crippen LogP contribution in [0.15, 0.2) is 66.7 Å². The van der Waals surface area contributed by atoms with Gasteiger partial charge in [-0.15, -0.1) is 0 Å². The summed E-state index contributed by atoms with van der Waals surface area (Å²) >= 11 is 0. The minimum atomic E-state index is -2.88. The molecular formula is C35H32CrO8Si. The number of rotatable bonds is 2. The molecule has 10 heteroatoms. The van der Waals surface area contributed by atoms with E-state index in [9.17, 15) is 0 Å². The Balaban J connectivity index is 0. The van der Waals surface area contributed by atoms with Crippen molar-refractivity contribution in [3.05, 3.63) is 112 Å². The fourth-order valence-electron chi connectivity index (χ4n) is 5.49. The van der Waals surface area contributed by atoms with Gasteiger partial charge in [-0.05, 0) is 45.3 Å². The number of hydrogen-bond acceptors (Lipinski definition) is 3. The molecule has 0 saturated heterocycles. The molecule has 0 bridgehead atoms. The molecular weight excluding hydrogens is 628 g/mol. The molecule has 1 aliphatic rings. The van der Waals surface area contributed by atoms with Crippen LogP contribution in [0.5, 0.6) is 11.5 Å². The van der Waals surface area contributed by atoms with E-state index in [1.54, 1.807) is 7.11 Å². The standard InChI is InChI=1S/C30H32O3Si.5CO.Cr/c1-29(2,3)34(30(4,5)6)32-25-16-14-21-10-8-9-11-23(21)27(25)28-24-18-20(19-31-7)12-13-22(24)15-17-26(28)33-34;5*1-2;/h8-18H,1-7H3;;;;;;. The molecule has 0 aliphatic carbocycles. The zero-order valence-electron chi connectivity index (χ0n) is 26.0. The molecule has 0 N–H and O–H groups in total. The number of ether oxygens (including phenoxy) is 1. The number of methoxy groups -OCH3 is 1. The van der Waals surface area contributed by atoms with Crippen molar-refractivity contribution in [1.29, 1.82) is 0 Å². The molecule has 4 aromatic carbocycles. The van der Waals surface area contributed by atoms with Crippen LogP contribution in [0.4, 0.5) is 0 Å². The van der Waals surface area contributed by atoms with Crippen molar-refractivity contribution in [1.82, 2.24) is 0 Å². The van der Waals surface area contributed by atoms with Gasteiger partial charge in [0.15, 0.2) is 6.61 Å². The third-order valence-corrected chi connectivity index (χ3v) is 11.8. The van der Waals surface area contributed by atoms with Crippen LogP contribution in [0.2, 0.25) is 10.1 Å². The quantitative estimate of drug-likeness (QED) is 0.122. The average molecular weight is 661 g/mol. The van der Waals surface area contributed by atoms with Crippen molar-refractivity contribution in [2.45, 2.75) is 51.6 Å². The predicted octanol–water partition coefficient (Wildman–Crippen LogP) is 8.32. The van der Waals surface area contributed by atoms with Gasteiger partial charge in [-0.25, -0.2) is 0 Å². The van der Waals surface area contributed by atoms with E-state index in [1.807, 2.05) is 6.07 Å². The van der Waals surface area contributed by atoms with Crippen LogP contribution in [0.1, 0.15) is 47.1 Å². The normalized spacial score (nSPS) is 11.8. The van der Waals surface area contributed by atoms with Crippen LogP contribution in [0.3, 0.4) is 0 Å². The smallest absolute Gasteiger partial charge is 0 e. The van der Waals surface area contributed by atoms with Gasteiger partial charge in [0.05, 0.1) is 0 Å². The van der Waals surface area contributed by atoms with Gasteiger partial charge in [-0.3, -0.25) is 0 Å². The summed E-state index contributed by atoms with van der Waals surface area (Å²) in [4.78, 5) is 0. The Bertz CT molecular complexity index is 1590. The van der Waals surface area contributed by atoms with Crippen molar-refractivity contribution < 1.29 is 54.2 Å². The minimum absolute atomic E-state index is 0. The maximum absolute atomic E-state index is 7.50. The summed E-state index contributed by atoms with van der Waals surface area (Å²) in [6, 6.07) is 23.3. The van der Waals surface area contributed by atoms with Crippen LogP contribution in [-0.2, 0) is 45.4 Å². The van der Waals surface area contributed by atoms with Crippen LogP contribution >= 0.6 is 0 Å². The molecule has 1 heterocycles. The molecule has 0 saturated carbocycles. The Morgan fingerprint density at radius 1 is 0.600 bits per heavy atom. The molecule has 45 heavy (non-hydrogen) atoms. The molecule has 5 rings (SSSR count). The zero-order valence-corrected chi connectivity index (χ0v) is 28.3. The second-order valence-electron chi connectivity index (χ2n) is 11.2. The summed E-state index contributed by atoms with van der Waals surface area (Å²) in [7, 11) is -1.26. The first-order chi connectivity index (χ1) is 21.1. The van der Waals surface area contributed by atoms with E-state index in [1.165, 1.54) is 5.39 Å². The second-order valence-corrected chi connectivity index (χ2v) is 15.8.